The molecule has 0 nitrogen and oxygen atoms in total. The normalized spacial score (nSPS) is 10.2. The highest BCUT2D eigenvalue weighted by Gasteiger charge is 1.92. The van der Waals surface area contributed by atoms with Crippen molar-refractivity contribution in [3.63, 3.8) is 0 Å². The van der Waals surface area contributed by atoms with Crippen molar-refractivity contribution in [1.29, 1.82) is 0 Å². The minimum absolute atomic E-state index is 0.777. The molecule has 112 valence electrons. The topological polar surface area (TPSA) is 0 Å². The summed E-state index contributed by atoms with van der Waals surface area (Å²) in [5.41, 5.74) is 0. The predicted octanol–water partition coefficient (Wildman–Crippen LogP) is 4.33. The van der Waals surface area contributed by atoms with E-state index in [-0.39, 0.29) is 0 Å². The van der Waals surface area contributed by atoms with Crippen LogP contribution >= 0.6 is 17.2 Å². The van der Waals surface area contributed by atoms with Crippen LogP contribution in [0.1, 0.15) is 6.92 Å². The summed E-state index contributed by atoms with van der Waals surface area (Å²) >= 11 is 0. The number of rotatable bonds is 4. The van der Waals surface area contributed by atoms with Crippen molar-refractivity contribution in [2.75, 3.05) is 6.16 Å². The first-order valence-corrected chi connectivity index (χ1v) is 9.75. The van der Waals surface area contributed by atoms with Gasteiger partial charge < -0.3 is 0 Å². The molecule has 3 rings (SSSR count). The van der Waals surface area contributed by atoms with Gasteiger partial charge in [-0.3, -0.25) is 0 Å². The molecule has 3 aromatic rings. The summed E-state index contributed by atoms with van der Waals surface area (Å²) in [7, 11) is 1.76. The van der Waals surface area contributed by atoms with Crippen molar-refractivity contribution in [3.05, 3.63) is 91.0 Å². The Kier molecular flexibility index (Phi) is 7.89. The second-order valence-electron chi connectivity index (χ2n) is 4.75. The van der Waals surface area contributed by atoms with Crippen molar-refractivity contribution >= 4 is 33.1 Å². The maximum absolute atomic E-state index is 2.21. The van der Waals surface area contributed by atoms with Gasteiger partial charge in [-0.25, -0.2) is 0 Å². The lowest BCUT2D eigenvalue weighted by Gasteiger charge is -2.00. The molecule has 0 radical (unpaired) electrons. The molecule has 0 aromatic heterocycles. The smallest absolute Gasteiger partial charge is 0.0226 e. The van der Waals surface area contributed by atoms with E-state index in [0.29, 0.717) is 0 Å². The Balaban J connectivity index is 0.000000172. The molecule has 0 aliphatic carbocycles. The lowest BCUT2D eigenvalue weighted by molar-refractivity contribution is 1.52. The van der Waals surface area contributed by atoms with Crippen molar-refractivity contribution in [2.24, 2.45) is 0 Å². The fraction of sp³-hybridized carbons (Fsp3) is 0.100. The largest absolute Gasteiger partial charge is 0.0907 e. The molecule has 0 spiro atoms. The lowest BCUT2D eigenvalue weighted by atomic mass is 10.4. The molecule has 0 N–H and O–H groups in total. The van der Waals surface area contributed by atoms with Crippen LogP contribution in [0.15, 0.2) is 91.0 Å². The van der Waals surface area contributed by atoms with Gasteiger partial charge >= 0.3 is 0 Å². The molecule has 3 aromatic carbocycles. The second kappa shape index (κ2) is 10.3. The van der Waals surface area contributed by atoms with Crippen LogP contribution in [0.3, 0.4) is 0 Å². The molecule has 0 saturated heterocycles. The van der Waals surface area contributed by atoms with Crippen LogP contribution in [0.25, 0.3) is 0 Å². The number of hydrogen-bond acceptors (Lipinski definition) is 0. The SMILES string of the molecule is CCPc1ccccc1.c1ccc(Pc2ccccc2)cc1. The first kappa shape index (κ1) is 16.9. The fourth-order valence-corrected chi connectivity index (χ4v) is 3.86. The van der Waals surface area contributed by atoms with Crippen molar-refractivity contribution in [2.45, 2.75) is 6.92 Å². The van der Waals surface area contributed by atoms with Crippen molar-refractivity contribution < 1.29 is 0 Å². The van der Waals surface area contributed by atoms with Gasteiger partial charge in [-0.2, -0.15) is 0 Å². The first-order chi connectivity index (χ1) is 10.9. The average Bonchev–Trinajstić information content (AvgIpc) is 2.59. The summed E-state index contributed by atoms with van der Waals surface area (Å²) in [6, 6.07) is 31.8. The molecule has 0 aliphatic heterocycles. The van der Waals surface area contributed by atoms with E-state index in [9.17, 15) is 0 Å². The Labute approximate surface area is 137 Å². The molecule has 0 heterocycles. The van der Waals surface area contributed by atoms with Crippen molar-refractivity contribution in [3.8, 4) is 0 Å². The molecule has 1 atom stereocenters. The van der Waals surface area contributed by atoms with Gasteiger partial charge in [-0.15, -0.1) is 0 Å². The third-order valence-electron chi connectivity index (χ3n) is 2.99. The highest BCUT2D eigenvalue weighted by atomic mass is 31.1. The predicted molar refractivity (Wildman–Crippen MR) is 105 cm³/mol. The van der Waals surface area contributed by atoms with Gasteiger partial charge in [0.2, 0.25) is 0 Å². The van der Waals surface area contributed by atoms with Crippen LogP contribution in [0.5, 0.6) is 0 Å². The summed E-state index contributed by atoms with van der Waals surface area (Å²) < 4.78 is 0. The van der Waals surface area contributed by atoms with Gasteiger partial charge in [0.15, 0.2) is 0 Å². The minimum Gasteiger partial charge on any atom is -0.0907 e. The van der Waals surface area contributed by atoms with Gasteiger partial charge in [0.25, 0.3) is 0 Å². The average molecular weight is 324 g/mol. The molecule has 1 unspecified atom stereocenters. The Bertz CT molecular complexity index is 584. The summed E-state index contributed by atoms with van der Waals surface area (Å²) in [4.78, 5) is 0. The molecular formula is C20H22P2. The Morgan fingerprint density at radius 1 is 0.545 bits per heavy atom. The van der Waals surface area contributed by atoms with Crippen molar-refractivity contribution in [1.82, 2.24) is 0 Å². The lowest BCUT2D eigenvalue weighted by Crippen LogP contribution is -2.01. The van der Waals surface area contributed by atoms with E-state index in [4.69, 9.17) is 0 Å². The summed E-state index contributed by atoms with van der Waals surface area (Å²) in [5.74, 6) is 0. The molecule has 0 saturated carbocycles. The standard InChI is InChI=1S/C12H11P.C8H11P/c1-3-7-11(8-4-1)13-12-9-5-2-6-10-12;1-2-9-8-6-4-3-5-7-8/h1-10,13H;3-7,9H,2H2,1H3. The van der Waals surface area contributed by atoms with Crippen LogP contribution in [0, 0.1) is 0 Å². The minimum atomic E-state index is 0.777. The number of hydrogen-bond donors (Lipinski definition) is 0. The van der Waals surface area contributed by atoms with Crippen LogP contribution in [-0.4, -0.2) is 6.16 Å². The Morgan fingerprint density at radius 2 is 0.909 bits per heavy atom. The zero-order chi connectivity index (χ0) is 15.5. The third kappa shape index (κ3) is 6.52. The molecule has 0 aliphatic rings. The van der Waals surface area contributed by atoms with Crippen LogP contribution < -0.4 is 15.9 Å². The van der Waals surface area contributed by atoms with Gasteiger partial charge in [0.1, 0.15) is 0 Å². The fourth-order valence-electron chi connectivity index (χ4n) is 1.97. The molecule has 0 fully saturated rings. The quantitative estimate of drug-likeness (QED) is 0.627. The number of benzene rings is 3. The van der Waals surface area contributed by atoms with E-state index in [1.54, 1.807) is 0 Å². The molecule has 2 heteroatoms. The Morgan fingerprint density at radius 3 is 1.27 bits per heavy atom. The van der Waals surface area contributed by atoms with E-state index in [1.807, 2.05) is 0 Å². The van der Waals surface area contributed by atoms with E-state index >= 15 is 0 Å². The first-order valence-electron chi connectivity index (χ1n) is 7.54. The molecular weight excluding hydrogens is 302 g/mol. The van der Waals surface area contributed by atoms with E-state index in [0.717, 1.165) is 17.2 Å². The molecule has 0 amide bonds. The maximum atomic E-state index is 2.21. The van der Waals surface area contributed by atoms with E-state index in [2.05, 4.69) is 97.9 Å². The summed E-state index contributed by atoms with van der Waals surface area (Å²) in [6.45, 7) is 2.21. The van der Waals surface area contributed by atoms with Gasteiger partial charge in [-0.05, 0) is 22.1 Å². The molecule has 22 heavy (non-hydrogen) atoms. The van der Waals surface area contributed by atoms with E-state index < -0.39 is 0 Å². The van der Waals surface area contributed by atoms with E-state index in [1.165, 1.54) is 22.1 Å². The Hall–Kier alpha value is -1.48. The van der Waals surface area contributed by atoms with Crippen LogP contribution in [0.2, 0.25) is 0 Å². The maximum Gasteiger partial charge on any atom is -0.0226 e. The van der Waals surface area contributed by atoms with Crippen LogP contribution in [0.4, 0.5) is 0 Å². The third-order valence-corrected chi connectivity index (χ3v) is 5.33. The summed E-state index contributed by atoms with van der Waals surface area (Å²) in [5, 5.41) is 4.27. The van der Waals surface area contributed by atoms with Gasteiger partial charge in [-0.1, -0.05) is 115 Å². The second-order valence-corrected chi connectivity index (χ2v) is 7.80. The monoisotopic (exact) mass is 324 g/mol. The zero-order valence-electron chi connectivity index (χ0n) is 12.9. The zero-order valence-corrected chi connectivity index (χ0v) is 14.9. The van der Waals surface area contributed by atoms with Gasteiger partial charge in [0.05, 0.1) is 0 Å². The van der Waals surface area contributed by atoms with Gasteiger partial charge in [0, 0.05) is 0 Å². The molecule has 0 bridgehead atoms. The summed E-state index contributed by atoms with van der Waals surface area (Å²) in [6.07, 6.45) is 1.27. The highest BCUT2D eigenvalue weighted by Crippen LogP contribution is 2.09. The highest BCUT2D eigenvalue weighted by molar-refractivity contribution is 7.55. The van der Waals surface area contributed by atoms with Crippen LogP contribution in [-0.2, 0) is 0 Å².